The first-order valence-electron chi connectivity index (χ1n) is 8.38. The van der Waals surface area contributed by atoms with E-state index in [1.807, 2.05) is 30.3 Å². The lowest BCUT2D eigenvalue weighted by Crippen LogP contribution is -2.43. The van der Waals surface area contributed by atoms with Crippen molar-refractivity contribution in [2.75, 3.05) is 7.05 Å². The Labute approximate surface area is 145 Å². The predicted octanol–water partition coefficient (Wildman–Crippen LogP) is 4.57. The Morgan fingerprint density at radius 2 is 1.72 bits per heavy atom. The van der Waals surface area contributed by atoms with Crippen molar-refractivity contribution in [3.05, 3.63) is 71.0 Å². The van der Waals surface area contributed by atoms with Gasteiger partial charge >= 0.3 is 0 Å². The zero-order valence-electron chi connectivity index (χ0n) is 14.1. The normalized spacial score (nSPS) is 16.0. The molecule has 0 unspecified atom stereocenters. The largest absolute Gasteiger partial charge is 0.341 e. The monoisotopic (exact) mass is 347 g/mol. The maximum Gasteiger partial charge on any atom is 0.233 e. The van der Waals surface area contributed by atoms with Gasteiger partial charge in [0.2, 0.25) is 5.91 Å². The highest BCUT2D eigenvalue weighted by molar-refractivity contribution is 5.88. The van der Waals surface area contributed by atoms with Gasteiger partial charge in [-0.1, -0.05) is 43.2 Å². The summed E-state index contributed by atoms with van der Waals surface area (Å²) in [6, 6.07) is 11.0. The molecule has 1 aliphatic carbocycles. The molecule has 3 rings (SSSR count). The van der Waals surface area contributed by atoms with Crippen molar-refractivity contribution in [2.45, 2.75) is 37.6 Å². The summed E-state index contributed by atoms with van der Waals surface area (Å²) in [5.74, 6) is -3.34. The average Bonchev–Trinajstić information content (AvgIpc) is 3.10. The van der Waals surface area contributed by atoms with Crippen molar-refractivity contribution < 1.29 is 18.0 Å². The van der Waals surface area contributed by atoms with Crippen LogP contribution in [-0.2, 0) is 16.8 Å². The Morgan fingerprint density at radius 3 is 2.36 bits per heavy atom. The van der Waals surface area contributed by atoms with Gasteiger partial charge in [0, 0.05) is 25.2 Å². The van der Waals surface area contributed by atoms with E-state index in [2.05, 4.69) is 0 Å². The van der Waals surface area contributed by atoms with E-state index in [9.17, 15) is 18.0 Å². The molecule has 0 aromatic heterocycles. The van der Waals surface area contributed by atoms with Crippen LogP contribution >= 0.6 is 0 Å². The topological polar surface area (TPSA) is 20.3 Å². The van der Waals surface area contributed by atoms with Crippen molar-refractivity contribution in [2.24, 2.45) is 0 Å². The van der Waals surface area contributed by atoms with E-state index in [-0.39, 0.29) is 18.0 Å². The minimum absolute atomic E-state index is 0.139. The Balaban J connectivity index is 1.89. The molecule has 0 aliphatic heterocycles. The number of benzene rings is 2. The first kappa shape index (κ1) is 17.5. The third-order valence-corrected chi connectivity index (χ3v) is 5.02. The summed E-state index contributed by atoms with van der Waals surface area (Å²) < 4.78 is 40.7. The van der Waals surface area contributed by atoms with Crippen LogP contribution in [0.25, 0.3) is 0 Å². The van der Waals surface area contributed by atoms with Gasteiger partial charge < -0.3 is 4.90 Å². The van der Waals surface area contributed by atoms with Gasteiger partial charge in [-0.2, -0.15) is 0 Å². The third-order valence-electron chi connectivity index (χ3n) is 5.02. The van der Waals surface area contributed by atoms with Crippen LogP contribution in [0.3, 0.4) is 0 Å². The third kappa shape index (κ3) is 3.28. The maximum atomic E-state index is 13.9. The number of halogens is 3. The summed E-state index contributed by atoms with van der Waals surface area (Å²) in [6.45, 7) is -0.173. The number of likely N-dealkylation sites (N-methyl/N-ethyl adjacent to an activating group) is 1. The second-order valence-electron chi connectivity index (χ2n) is 6.68. The number of amides is 1. The summed E-state index contributed by atoms with van der Waals surface area (Å²) in [4.78, 5) is 14.5. The number of carbonyl (C=O) groups is 1. The van der Waals surface area contributed by atoms with Crippen molar-refractivity contribution in [3.8, 4) is 0 Å². The Bertz CT molecular complexity index is 770. The highest BCUT2D eigenvalue weighted by Gasteiger charge is 2.44. The SMILES string of the molecule is CN(Cc1cc(F)cc(F)c1F)C(=O)C1(c2ccccc2)CCCC1. The molecule has 0 spiro atoms. The number of nitrogens with zero attached hydrogens (tertiary/aromatic N) is 1. The van der Waals surface area contributed by atoms with Gasteiger partial charge in [0.15, 0.2) is 11.6 Å². The average molecular weight is 347 g/mol. The number of carbonyl (C=O) groups excluding carboxylic acids is 1. The fraction of sp³-hybridized carbons (Fsp3) is 0.350. The minimum atomic E-state index is -1.24. The molecule has 2 nitrogen and oxygen atoms in total. The lowest BCUT2D eigenvalue weighted by Gasteiger charge is -2.33. The van der Waals surface area contributed by atoms with Gasteiger partial charge in [0.05, 0.1) is 5.41 Å². The molecule has 0 heterocycles. The molecule has 1 fully saturated rings. The highest BCUT2D eigenvalue weighted by atomic mass is 19.2. The van der Waals surface area contributed by atoms with E-state index in [4.69, 9.17) is 0 Å². The van der Waals surface area contributed by atoms with E-state index in [0.29, 0.717) is 6.07 Å². The summed E-state index contributed by atoms with van der Waals surface area (Å²) in [6.07, 6.45) is 3.33. The van der Waals surface area contributed by atoms with Crippen molar-refractivity contribution in [1.29, 1.82) is 0 Å². The Kier molecular flexibility index (Phi) is 4.84. The molecular weight excluding hydrogens is 327 g/mol. The minimum Gasteiger partial charge on any atom is -0.341 e. The van der Waals surface area contributed by atoms with Gasteiger partial charge in [-0.15, -0.1) is 0 Å². The zero-order chi connectivity index (χ0) is 18.0. The molecule has 1 saturated carbocycles. The van der Waals surface area contributed by atoms with Gasteiger partial charge in [-0.25, -0.2) is 13.2 Å². The van der Waals surface area contributed by atoms with E-state index in [1.165, 1.54) is 4.90 Å². The molecule has 0 bridgehead atoms. The van der Waals surface area contributed by atoms with E-state index < -0.39 is 22.9 Å². The van der Waals surface area contributed by atoms with Crippen LogP contribution in [0.15, 0.2) is 42.5 Å². The van der Waals surface area contributed by atoms with Crippen LogP contribution in [0.2, 0.25) is 0 Å². The lowest BCUT2D eigenvalue weighted by atomic mass is 9.77. The molecule has 0 atom stereocenters. The fourth-order valence-corrected chi connectivity index (χ4v) is 3.78. The molecule has 132 valence electrons. The summed E-state index contributed by atoms with van der Waals surface area (Å²) >= 11 is 0. The quantitative estimate of drug-likeness (QED) is 0.742. The molecule has 0 N–H and O–H groups in total. The van der Waals surface area contributed by atoms with Crippen LogP contribution in [0, 0.1) is 17.5 Å². The second-order valence-corrected chi connectivity index (χ2v) is 6.68. The number of hydrogen-bond donors (Lipinski definition) is 0. The van der Waals surface area contributed by atoms with Gasteiger partial charge in [-0.05, 0) is 24.5 Å². The number of hydrogen-bond acceptors (Lipinski definition) is 1. The molecule has 2 aromatic rings. The Hall–Kier alpha value is -2.30. The van der Waals surface area contributed by atoms with Crippen LogP contribution in [0.1, 0.15) is 36.8 Å². The molecular formula is C20H20F3NO. The molecule has 25 heavy (non-hydrogen) atoms. The first-order valence-corrected chi connectivity index (χ1v) is 8.38. The highest BCUT2D eigenvalue weighted by Crippen LogP contribution is 2.42. The van der Waals surface area contributed by atoms with Crippen molar-refractivity contribution >= 4 is 5.91 Å². The van der Waals surface area contributed by atoms with Crippen LogP contribution in [0.5, 0.6) is 0 Å². The first-order chi connectivity index (χ1) is 11.9. The van der Waals surface area contributed by atoms with E-state index in [0.717, 1.165) is 37.3 Å². The van der Waals surface area contributed by atoms with Gasteiger partial charge in [0.25, 0.3) is 0 Å². The zero-order valence-corrected chi connectivity index (χ0v) is 14.1. The molecule has 5 heteroatoms. The second kappa shape index (κ2) is 6.90. The smallest absolute Gasteiger partial charge is 0.233 e. The predicted molar refractivity (Wildman–Crippen MR) is 89.4 cm³/mol. The maximum absolute atomic E-state index is 13.9. The van der Waals surface area contributed by atoms with Crippen molar-refractivity contribution in [1.82, 2.24) is 4.90 Å². The molecule has 1 amide bonds. The summed E-state index contributed by atoms with van der Waals surface area (Å²) in [7, 11) is 1.55. The summed E-state index contributed by atoms with van der Waals surface area (Å²) in [5.41, 5.74) is 0.142. The van der Waals surface area contributed by atoms with E-state index >= 15 is 0 Å². The lowest BCUT2D eigenvalue weighted by molar-refractivity contribution is -0.136. The molecule has 1 aliphatic rings. The molecule has 0 saturated heterocycles. The number of rotatable bonds is 4. The van der Waals surface area contributed by atoms with Crippen LogP contribution in [-0.4, -0.2) is 17.9 Å². The fourth-order valence-electron chi connectivity index (χ4n) is 3.78. The van der Waals surface area contributed by atoms with Gasteiger partial charge in [-0.3, -0.25) is 4.79 Å². The summed E-state index contributed by atoms with van der Waals surface area (Å²) in [5, 5.41) is 0. The van der Waals surface area contributed by atoms with Crippen LogP contribution in [0.4, 0.5) is 13.2 Å². The van der Waals surface area contributed by atoms with Gasteiger partial charge in [0.1, 0.15) is 5.82 Å². The van der Waals surface area contributed by atoms with Crippen LogP contribution < -0.4 is 0 Å². The Morgan fingerprint density at radius 1 is 1.08 bits per heavy atom. The molecule has 0 radical (unpaired) electrons. The molecule has 2 aromatic carbocycles. The van der Waals surface area contributed by atoms with E-state index in [1.54, 1.807) is 7.05 Å². The van der Waals surface area contributed by atoms with Crippen molar-refractivity contribution in [3.63, 3.8) is 0 Å². The standard InChI is InChI=1S/C20H20F3NO/c1-24(13-14-11-16(21)12-17(22)18(14)23)19(25)20(9-5-6-10-20)15-7-3-2-4-8-15/h2-4,7-8,11-12H,5-6,9-10,13H2,1H3.